The highest BCUT2D eigenvalue weighted by Gasteiger charge is 2.39. The van der Waals surface area contributed by atoms with Crippen LogP contribution in [0, 0.1) is 20.8 Å². The Hall–Kier alpha value is -2.68. The standard InChI is InChI=1S/C24H25NO2/c1-15-6-4-7-18(12-15)20-14-23(27)25(19-11-10-16(2)17(3)13-19)21-8-5-9-22(26)24(20)21/h4,6-7,10-13,20H,5,8-9,14H2,1-3H3. The number of amides is 1. The van der Waals surface area contributed by atoms with E-state index in [1.165, 1.54) is 5.56 Å². The molecule has 1 aliphatic carbocycles. The first-order valence-corrected chi connectivity index (χ1v) is 9.68. The Morgan fingerprint density at radius 1 is 0.926 bits per heavy atom. The summed E-state index contributed by atoms with van der Waals surface area (Å²) in [6, 6.07) is 14.3. The molecule has 0 aromatic heterocycles. The number of allylic oxidation sites excluding steroid dienone is 2. The summed E-state index contributed by atoms with van der Waals surface area (Å²) in [4.78, 5) is 27.9. The summed E-state index contributed by atoms with van der Waals surface area (Å²) in [6.45, 7) is 6.18. The molecule has 1 unspecified atom stereocenters. The van der Waals surface area contributed by atoms with E-state index in [0.717, 1.165) is 46.5 Å². The number of hydrogen-bond donors (Lipinski definition) is 0. The number of rotatable bonds is 2. The summed E-state index contributed by atoms with van der Waals surface area (Å²) >= 11 is 0. The summed E-state index contributed by atoms with van der Waals surface area (Å²) in [6.07, 6.45) is 2.52. The van der Waals surface area contributed by atoms with Gasteiger partial charge in [0.05, 0.1) is 0 Å². The van der Waals surface area contributed by atoms with Crippen LogP contribution in [0.15, 0.2) is 53.7 Å². The second-order valence-electron chi connectivity index (χ2n) is 7.81. The van der Waals surface area contributed by atoms with Crippen molar-refractivity contribution in [2.75, 3.05) is 4.90 Å². The Morgan fingerprint density at radius 2 is 1.74 bits per heavy atom. The molecule has 1 amide bonds. The van der Waals surface area contributed by atoms with E-state index < -0.39 is 0 Å². The van der Waals surface area contributed by atoms with Gasteiger partial charge in [0.1, 0.15) is 0 Å². The Morgan fingerprint density at radius 3 is 2.48 bits per heavy atom. The van der Waals surface area contributed by atoms with E-state index in [-0.39, 0.29) is 17.6 Å². The SMILES string of the molecule is Cc1cccc(C2CC(=O)N(c3ccc(C)c(C)c3)C3=C2C(=O)CCC3)c1. The van der Waals surface area contributed by atoms with Crippen LogP contribution in [0.2, 0.25) is 0 Å². The molecule has 1 heterocycles. The highest BCUT2D eigenvalue weighted by molar-refractivity contribution is 6.07. The van der Waals surface area contributed by atoms with Crippen LogP contribution in [0.25, 0.3) is 0 Å². The molecule has 2 aliphatic rings. The fourth-order valence-electron chi connectivity index (χ4n) is 4.33. The van der Waals surface area contributed by atoms with Gasteiger partial charge in [0, 0.05) is 35.7 Å². The topological polar surface area (TPSA) is 37.4 Å². The second-order valence-corrected chi connectivity index (χ2v) is 7.81. The van der Waals surface area contributed by atoms with Crippen LogP contribution in [0.1, 0.15) is 53.9 Å². The van der Waals surface area contributed by atoms with E-state index in [1.807, 2.05) is 36.1 Å². The monoisotopic (exact) mass is 359 g/mol. The molecule has 0 radical (unpaired) electrons. The van der Waals surface area contributed by atoms with Crippen molar-refractivity contribution in [3.05, 3.63) is 76.0 Å². The van der Waals surface area contributed by atoms with Crippen molar-refractivity contribution in [2.24, 2.45) is 0 Å². The van der Waals surface area contributed by atoms with Crippen LogP contribution in [-0.2, 0) is 9.59 Å². The van der Waals surface area contributed by atoms with Crippen LogP contribution in [0.3, 0.4) is 0 Å². The summed E-state index contributed by atoms with van der Waals surface area (Å²) in [7, 11) is 0. The molecule has 138 valence electrons. The van der Waals surface area contributed by atoms with Crippen LogP contribution in [-0.4, -0.2) is 11.7 Å². The lowest BCUT2D eigenvalue weighted by Gasteiger charge is -2.38. The smallest absolute Gasteiger partial charge is 0.232 e. The number of ketones is 1. The fourth-order valence-corrected chi connectivity index (χ4v) is 4.33. The molecule has 0 saturated heterocycles. The summed E-state index contributed by atoms with van der Waals surface area (Å²) in [5, 5.41) is 0. The van der Waals surface area contributed by atoms with Crippen LogP contribution >= 0.6 is 0 Å². The van der Waals surface area contributed by atoms with E-state index in [1.54, 1.807) is 0 Å². The van der Waals surface area contributed by atoms with E-state index in [0.29, 0.717) is 12.8 Å². The number of Topliss-reactive ketones (excluding diaryl/α,β-unsaturated/α-hetero) is 1. The van der Waals surface area contributed by atoms with Crippen LogP contribution in [0.4, 0.5) is 5.69 Å². The highest BCUT2D eigenvalue weighted by Crippen LogP contribution is 2.43. The quantitative estimate of drug-likeness (QED) is 0.744. The minimum absolute atomic E-state index is 0.0817. The Balaban J connectivity index is 1.87. The minimum atomic E-state index is -0.122. The minimum Gasteiger partial charge on any atom is -0.294 e. The molecule has 1 atom stereocenters. The van der Waals surface area contributed by atoms with Crippen molar-refractivity contribution < 1.29 is 9.59 Å². The molecular weight excluding hydrogens is 334 g/mol. The van der Waals surface area contributed by atoms with E-state index in [4.69, 9.17) is 0 Å². The van der Waals surface area contributed by atoms with Gasteiger partial charge in [-0.1, -0.05) is 35.9 Å². The molecule has 3 nitrogen and oxygen atoms in total. The number of benzene rings is 2. The van der Waals surface area contributed by atoms with Gasteiger partial charge in [-0.25, -0.2) is 0 Å². The predicted molar refractivity (Wildman–Crippen MR) is 108 cm³/mol. The average Bonchev–Trinajstić information content (AvgIpc) is 2.64. The van der Waals surface area contributed by atoms with Gasteiger partial charge in [-0.3, -0.25) is 14.5 Å². The molecule has 3 heteroatoms. The van der Waals surface area contributed by atoms with Crippen molar-refractivity contribution in [3.63, 3.8) is 0 Å². The van der Waals surface area contributed by atoms with Gasteiger partial charge in [0.2, 0.25) is 5.91 Å². The maximum Gasteiger partial charge on any atom is 0.232 e. The Kier molecular flexibility index (Phi) is 4.47. The van der Waals surface area contributed by atoms with Gasteiger partial charge in [-0.2, -0.15) is 0 Å². The summed E-state index contributed by atoms with van der Waals surface area (Å²) in [5.41, 5.74) is 7.24. The molecular formula is C24H25NO2. The number of hydrogen-bond acceptors (Lipinski definition) is 2. The van der Waals surface area contributed by atoms with E-state index in [9.17, 15) is 9.59 Å². The molecule has 2 aromatic rings. The van der Waals surface area contributed by atoms with E-state index >= 15 is 0 Å². The van der Waals surface area contributed by atoms with Gasteiger partial charge in [-0.15, -0.1) is 0 Å². The van der Waals surface area contributed by atoms with Crippen molar-refractivity contribution in [2.45, 2.75) is 52.4 Å². The summed E-state index contributed by atoms with van der Waals surface area (Å²) < 4.78 is 0. The molecule has 27 heavy (non-hydrogen) atoms. The van der Waals surface area contributed by atoms with Crippen molar-refractivity contribution >= 4 is 17.4 Å². The molecule has 0 N–H and O–H groups in total. The second kappa shape index (κ2) is 6.80. The van der Waals surface area contributed by atoms with Crippen molar-refractivity contribution in [1.82, 2.24) is 0 Å². The third-order valence-electron chi connectivity index (χ3n) is 5.87. The molecule has 0 spiro atoms. The highest BCUT2D eigenvalue weighted by atomic mass is 16.2. The lowest BCUT2D eigenvalue weighted by atomic mass is 9.77. The zero-order valence-corrected chi connectivity index (χ0v) is 16.2. The fraction of sp³-hybridized carbons (Fsp3) is 0.333. The van der Waals surface area contributed by atoms with Crippen molar-refractivity contribution in [3.8, 4) is 0 Å². The zero-order valence-electron chi connectivity index (χ0n) is 16.2. The Labute approximate surface area is 160 Å². The van der Waals surface area contributed by atoms with Gasteiger partial charge in [0.15, 0.2) is 5.78 Å². The van der Waals surface area contributed by atoms with E-state index in [2.05, 4.69) is 32.0 Å². The first-order valence-electron chi connectivity index (χ1n) is 9.68. The van der Waals surface area contributed by atoms with Gasteiger partial charge >= 0.3 is 0 Å². The number of carbonyl (C=O) groups excluding carboxylic acids is 2. The molecule has 4 rings (SSSR count). The Bertz CT molecular complexity index is 970. The first kappa shape index (κ1) is 17.7. The molecule has 0 saturated carbocycles. The van der Waals surface area contributed by atoms with Gasteiger partial charge < -0.3 is 0 Å². The number of anilines is 1. The lowest BCUT2D eigenvalue weighted by Crippen LogP contribution is -2.40. The summed E-state index contributed by atoms with van der Waals surface area (Å²) in [5.74, 6) is 0.158. The molecule has 0 bridgehead atoms. The molecule has 2 aromatic carbocycles. The molecule has 1 aliphatic heterocycles. The third-order valence-corrected chi connectivity index (χ3v) is 5.87. The number of carbonyl (C=O) groups is 2. The zero-order chi connectivity index (χ0) is 19.1. The maximum atomic E-state index is 13.2. The van der Waals surface area contributed by atoms with Crippen LogP contribution < -0.4 is 4.90 Å². The average molecular weight is 359 g/mol. The number of aryl methyl sites for hydroxylation is 3. The van der Waals surface area contributed by atoms with Gasteiger partial charge in [0.25, 0.3) is 0 Å². The third kappa shape index (κ3) is 3.12. The predicted octanol–water partition coefficient (Wildman–Crippen LogP) is 5.14. The van der Waals surface area contributed by atoms with Gasteiger partial charge in [-0.05, 0) is 62.4 Å². The maximum absolute atomic E-state index is 13.2. The van der Waals surface area contributed by atoms with Crippen LogP contribution in [0.5, 0.6) is 0 Å². The number of nitrogens with zero attached hydrogens (tertiary/aromatic N) is 1. The molecule has 0 fully saturated rings. The lowest BCUT2D eigenvalue weighted by molar-refractivity contribution is -0.119. The normalized spacial score (nSPS) is 20.1. The van der Waals surface area contributed by atoms with Crippen molar-refractivity contribution in [1.29, 1.82) is 0 Å². The first-order chi connectivity index (χ1) is 13.0. The largest absolute Gasteiger partial charge is 0.294 e.